The summed E-state index contributed by atoms with van der Waals surface area (Å²) in [4.78, 5) is 0. The number of halogens is 1. The fourth-order valence-electron chi connectivity index (χ4n) is 0.863. The number of hydrogen-bond donors (Lipinski definition) is 1. The lowest BCUT2D eigenvalue weighted by Crippen LogP contribution is -1.90. The Morgan fingerprint density at radius 2 is 2.23 bits per heavy atom. The summed E-state index contributed by atoms with van der Waals surface area (Å²) in [5, 5.41) is 9.23. The Bertz CT molecular complexity index is 407. The second kappa shape index (κ2) is 4.54. The predicted molar refractivity (Wildman–Crippen MR) is 56.2 cm³/mol. The zero-order valence-electron chi connectivity index (χ0n) is 6.84. The first kappa shape index (κ1) is 9.64. The lowest BCUT2D eigenvalue weighted by Gasteiger charge is -1.96. The lowest BCUT2D eigenvalue weighted by molar-refractivity contribution is 1.48. The molecule has 0 atom stereocenters. The number of nitrogen functional groups attached to an aromatic ring is 1. The summed E-state index contributed by atoms with van der Waals surface area (Å²) in [6.07, 6.45) is 0. The minimum absolute atomic E-state index is 0.577. The topological polar surface area (TPSA) is 49.8 Å². The van der Waals surface area contributed by atoms with Gasteiger partial charge in [0.05, 0.1) is 17.0 Å². The average Bonchev–Trinajstić information content (AvgIpc) is 2.17. The van der Waals surface area contributed by atoms with Crippen LogP contribution in [-0.4, -0.2) is 5.33 Å². The molecule has 0 spiro atoms. The fourth-order valence-corrected chi connectivity index (χ4v) is 1.00. The molecule has 0 aliphatic heterocycles. The smallest absolute Gasteiger partial charge is 0.0992 e. The summed E-state index contributed by atoms with van der Waals surface area (Å²) >= 11 is 3.19. The number of alkyl halides is 1. The van der Waals surface area contributed by atoms with E-state index < -0.39 is 0 Å². The van der Waals surface area contributed by atoms with Crippen LogP contribution in [-0.2, 0) is 0 Å². The van der Waals surface area contributed by atoms with Crippen molar-refractivity contribution in [2.75, 3.05) is 11.1 Å². The van der Waals surface area contributed by atoms with E-state index >= 15 is 0 Å². The summed E-state index contributed by atoms with van der Waals surface area (Å²) in [5.74, 6) is 5.70. The zero-order chi connectivity index (χ0) is 9.68. The van der Waals surface area contributed by atoms with E-state index in [1.165, 1.54) is 0 Å². The molecule has 1 rings (SSSR count). The van der Waals surface area contributed by atoms with E-state index in [0.29, 0.717) is 22.1 Å². The van der Waals surface area contributed by atoms with Gasteiger partial charge in [0.2, 0.25) is 0 Å². The van der Waals surface area contributed by atoms with E-state index in [4.69, 9.17) is 11.0 Å². The Kier molecular flexibility index (Phi) is 3.37. The maximum atomic E-state index is 8.63. The van der Waals surface area contributed by atoms with Gasteiger partial charge in [-0.2, -0.15) is 5.26 Å². The summed E-state index contributed by atoms with van der Waals surface area (Å²) in [7, 11) is 0. The van der Waals surface area contributed by atoms with Crippen LogP contribution in [0.5, 0.6) is 0 Å². The van der Waals surface area contributed by atoms with Gasteiger partial charge in [0.25, 0.3) is 0 Å². The average molecular weight is 235 g/mol. The van der Waals surface area contributed by atoms with Crippen molar-refractivity contribution >= 4 is 21.6 Å². The van der Waals surface area contributed by atoms with Crippen LogP contribution in [0.25, 0.3) is 0 Å². The van der Waals surface area contributed by atoms with Gasteiger partial charge in [-0.15, -0.1) is 0 Å². The third-order valence-electron chi connectivity index (χ3n) is 1.47. The van der Waals surface area contributed by atoms with Crippen LogP contribution in [0.1, 0.15) is 11.1 Å². The first-order chi connectivity index (χ1) is 6.27. The number of nitrogens with zero attached hydrogens (tertiary/aromatic N) is 1. The van der Waals surface area contributed by atoms with Crippen molar-refractivity contribution in [3.8, 4) is 17.9 Å². The van der Waals surface area contributed by atoms with E-state index in [0.717, 1.165) is 0 Å². The summed E-state index contributed by atoms with van der Waals surface area (Å²) < 4.78 is 0. The minimum atomic E-state index is 0.577. The third kappa shape index (κ3) is 2.50. The minimum Gasteiger partial charge on any atom is -0.398 e. The van der Waals surface area contributed by atoms with Crippen molar-refractivity contribution in [2.45, 2.75) is 0 Å². The molecule has 64 valence electrons. The third-order valence-corrected chi connectivity index (χ3v) is 1.75. The number of rotatable bonds is 0. The molecule has 3 heteroatoms. The van der Waals surface area contributed by atoms with Crippen LogP contribution in [0.3, 0.4) is 0 Å². The molecule has 0 radical (unpaired) electrons. The molecular formula is C10H7BrN2. The van der Waals surface area contributed by atoms with Crippen LogP contribution in [0.15, 0.2) is 18.2 Å². The Morgan fingerprint density at radius 3 is 2.85 bits per heavy atom. The van der Waals surface area contributed by atoms with E-state index in [1.807, 2.05) is 6.07 Å². The largest absolute Gasteiger partial charge is 0.398 e. The van der Waals surface area contributed by atoms with Crippen LogP contribution in [0, 0.1) is 23.2 Å². The molecule has 0 aliphatic rings. The number of anilines is 1. The van der Waals surface area contributed by atoms with Gasteiger partial charge in [0.15, 0.2) is 0 Å². The van der Waals surface area contributed by atoms with Gasteiger partial charge in [-0.1, -0.05) is 27.8 Å². The molecule has 0 aliphatic carbocycles. The molecule has 0 bridgehead atoms. The lowest BCUT2D eigenvalue weighted by atomic mass is 10.1. The number of nitrogens with two attached hydrogens (primary N) is 1. The van der Waals surface area contributed by atoms with E-state index in [1.54, 1.807) is 18.2 Å². The normalized spacial score (nSPS) is 8.31. The highest BCUT2D eigenvalue weighted by molar-refractivity contribution is 9.09. The van der Waals surface area contributed by atoms with Gasteiger partial charge < -0.3 is 5.73 Å². The summed E-state index contributed by atoms with van der Waals surface area (Å²) in [5.41, 5.74) is 7.55. The second-order valence-electron chi connectivity index (χ2n) is 2.35. The van der Waals surface area contributed by atoms with E-state index in [-0.39, 0.29) is 0 Å². The van der Waals surface area contributed by atoms with Crippen molar-refractivity contribution in [1.29, 1.82) is 5.26 Å². The molecule has 2 nitrogen and oxygen atoms in total. The molecule has 0 saturated carbocycles. The van der Waals surface area contributed by atoms with Gasteiger partial charge in [0.1, 0.15) is 0 Å². The standard InChI is InChI=1S/C10H7BrN2/c11-5-1-2-9-6-8(7-12)3-4-10(9)13/h3-4,6H,5,13H2. The quantitative estimate of drug-likeness (QED) is 0.424. The summed E-state index contributed by atoms with van der Waals surface area (Å²) in [6, 6.07) is 7.09. The van der Waals surface area contributed by atoms with Crippen LogP contribution < -0.4 is 5.73 Å². The SMILES string of the molecule is N#Cc1ccc(N)c(C#CCBr)c1. The maximum Gasteiger partial charge on any atom is 0.0992 e. The van der Waals surface area contributed by atoms with E-state index in [9.17, 15) is 0 Å². The highest BCUT2D eigenvalue weighted by Crippen LogP contribution is 2.11. The Hall–Kier alpha value is -1.45. The van der Waals surface area contributed by atoms with Crippen molar-refractivity contribution in [3.63, 3.8) is 0 Å². The van der Waals surface area contributed by atoms with Crippen LogP contribution in [0.2, 0.25) is 0 Å². The van der Waals surface area contributed by atoms with Gasteiger partial charge in [-0.05, 0) is 18.2 Å². The van der Waals surface area contributed by atoms with E-state index in [2.05, 4.69) is 27.8 Å². The summed E-state index contributed by atoms with van der Waals surface area (Å²) in [6.45, 7) is 0. The number of hydrogen-bond acceptors (Lipinski definition) is 2. The molecular weight excluding hydrogens is 228 g/mol. The molecule has 0 saturated heterocycles. The molecule has 0 aromatic heterocycles. The Labute approximate surface area is 85.5 Å². The van der Waals surface area contributed by atoms with Gasteiger partial charge >= 0.3 is 0 Å². The molecule has 1 aromatic rings. The molecule has 0 heterocycles. The molecule has 0 unspecified atom stereocenters. The first-order valence-corrected chi connectivity index (χ1v) is 4.74. The van der Waals surface area contributed by atoms with Crippen molar-refractivity contribution in [2.24, 2.45) is 0 Å². The van der Waals surface area contributed by atoms with Gasteiger partial charge in [-0.3, -0.25) is 0 Å². The fraction of sp³-hybridized carbons (Fsp3) is 0.100. The highest BCUT2D eigenvalue weighted by Gasteiger charge is 1.96. The Morgan fingerprint density at radius 1 is 1.46 bits per heavy atom. The number of nitriles is 1. The van der Waals surface area contributed by atoms with Crippen molar-refractivity contribution in [3.05, 3.63) is 29.3 Å². The second-order valence-corrected chi connectivity index (χ2v) is 2.91. The van der Waals surface area contributed by atoms with Crippen molar-refractivity contribution < 1.29 is 0 Å². The monoisotopic (exact) mass is 234 g/mol. The van der Waals surface area contributed by atoms with Crippen LogP contribution >= 0.6 is 15.9 Å². The molecule has 2 N–H and O–H groups in total. The zero-order valence-corrected chi connectivity index (χ0v) is 8.43. The van der Waals surface area contributed by atoms with Gasteiger partial charge in [0, 0.05) is 11.3 Å². The van der Waals surface area contributed by atoms with Gasteiger partial charge in [-0.25, -0.2) is 0 Å². The van der Waals surface area contributed by atoms with Crippen molar-refractivity contribution in [1.82, 2.24) is 0 Å². The molecule has 13 heavy (non-hydrogen) atoms. The molecule has 1 aromatic carbocycles. The maximum absolute atomic E-state index is 8.63. The molecule has 0 amide bonds. The number of benzene rings is 1. The molecule has 0 fully saturated rings. The first-order valence-electron chi connectivity index (χ1n) is 3.62. The predicted octanol–water partition coefficient (Wildman–Crippen LogP) is 1.89. The highest BCUT2D eigenvalue weighted by atomic mass is 79.9. The Balaban J connectivity index is 3.13. The van der Waals surface area contributed by atoms with Crippen LogP contribution in [0.4, 0.5) is 5.69 Å².